The van der Waals surface area contributed by atoms with Gasteiger partial charge in [0, 0.05) is 23.3 Å². The van der Waals surface area contributed by atoms with Crippen molar-refractivity contribution in [3.05, 3.63) is 39.4 Å². The van der Waals surface area contributed by atoms with Crippen LogP contribution in [0.2, 0.25) is 0 Å². The van der Waals surface area contributed by atoms with Crippen molar-refractivity contribution >= 4 is 17.6 Å². The fourth-order valence-electron chi connectivity index (χ4n) is 1.96. The van der Waals surface area contributed by atoms with E-state index >= 15 is 0 Å². The van der Waals surface area contributed by atoms with E-state index in [0.29, 0.717) is 6.07 Å². The summed E-state index contributed by atoms with van der Waals surface area (Å²) >= 11 is 0. The van der Waals surface area contributed by atoms with Crippen molar-refractivity contribution in [1.82, 2.24) is 0 Å². The standard InChI is InChI=1S/C8H5NO6.C5H12N2/c10-7(11)5-2-1-4(9(14)15)3-6(5)8(12)13;1-7-4-2-6-3-5-7/h1-3H,(H,10,11)(H,12,13);6H,2-5H2,1H3. The maximum atomic E-state index is 10.5. The van der Waals surface area contributed by atoms with E-state index in [0.717, 1.165) is 12.1 Å². The lowest BCUT2D eigenvalue weighted by molar-refractivity contribution is -0.930. The molecule has 0 amide bonds. The van der Waals surface area contributed by atoms with E-state index in [4.69, 9.17) is 0 Å². The first kappa shape index (κ1) is 17.5. The number of nitrogens with one attached hydrogen (secondary N) is 1. The van der Waals surface area contributed by atoms with Crippen molar-refractivity contribution in [3.63, 3.8) is 0 Å². The molecule has 0 bridgehead atoms. The van der Waals surface area contributed by atoms with Gasteiger partial charge in [0.25, 0.3) is 5.69 Å². The smallest absolute Gasteiger partial charge is 0.270 e. The zero-order valence-corrected chi connectivity index (χ0v) is 12.0. The normalized spacial score (nSPS) is 14.6. The third-order valence-corrected chi connectivity index (χ3v) is 3.20. The third-order valence-electron chi connectivity index (χ3n) is 3.20. The van der Waals surface area contributed by atoms with E-state index in [1.807, 2.05) is 0 Å². The molecule has 0 aliphatic carbocycles. The van der Waals surface area contributed by atoms with Gasteiger partial charge in [-0.2, -0.15) is 0 Å². The van der Waals surface area contributed by atoms with E-state index in [1.54, 1.807) is 4.90 Å². The zero-order chi connectivity index (χ0) is 16.7. The Bertz CT molecular complexity index is 569. The summed E-state index contributed by atoms with van der Waals surface area (Å²) in [4.78, 5) is 32.0. The Labute approximate surface area is 126 Å². The molecule has 0 saturated carbocycles. The average molecular weight is 311 g/mol. The van der Waals surface area contributed by atoms with Crippen molar-refractivity contribution in [2.24, 2.45) is 0 Å². The number of hydrogen-bond acceptors (Lipinski definition) is 6. The van der Waals surface area contributed by atoms with Gasteiger partial charge in [-0.1, -0.05) is 0 Å². The van der Waals surface area contributed by atoms with Crippen LogP contribution in [0.25, 0.3) is 0 Å². The largest absolute Gasteiger partial charge is 0.545 e. The summed E-state index contributed by atoms with van der Waals surface area (Å²) in [5.74, 6) is -3.54. The summed E-state index contributed by atoms with van der Waals surface area (Å²) in [7, 11) is 2.26. The van der Waals surface area contributed by atoms with E-state index in [2.05, 4.69) is 12.4 Å². The van der Waals surface area contributed by atoms with Crippen LogP contribution in [0.4, 0.5) is 5.69 Å². The first-order chi connectivity index (χ1) is 10.3. The Morgan fingerprint density at radius 3 is 2.05 bits per heavy atom. The van der Waals surface area contributed by atoms with Gasteiger partial charge in [0.15, 0.2) is 0 Å². The summed E-state index contributed by atoms with van der Waals surface area (Å²) in [6, 6.07) is 2.27. The van der Waals surface area contributed by atoms with Crippen LogP contribution in [0, 0.1) is 10.1 Å². The van der Waals surface area contributed by atoms with E-state index in [9.17, 15) is 29.9 Å². The highest BCUT2D eigenvalue weighted by molar-refractivity contribution is 6.00. The number of quaternary nitrogens is 2. The van der Waals surface area contributed by atoms with Gasteiger partial charge >= 0.3 is 0 Å². The number of benzene rings is 1. The summed E-state index contributed by atoms with van der Waals surface area (Å²) in [5.41, 5.74) is -1.95. The molecule has 0 aromatic heterocycles. The molecule has 0 radical (unpaired) electrons. The van der Waals surface area contributed by atoms with Gasteiger partial charge in [0.1, 0.15) is 26.2 Å². The molecule has 1 aromatic carbocycles. The van der Waals surface area contributed by atoms with Gasteiger partial charge in [-0.25, -0.2) is 0 Å². The molecule has 1 heterocycles. The number of hydrogen-bond donors (Lipinski definition) is 2. The molecule has 0 spiro atoms. The van der Waals surface area contributed by atoms with Gasteiger partial charge in [-0.05, 0) is 6.07 Å². The highest BCUT2D eigenvalue weighted by Crippen LogP contribution is 2.16. The lowest BCUT2D eigenvalue weighted by Gasteiger charge is -2.16. The second-order valence-corrected chi connectivity index (χ2v) is 4.89. The average Bonchev–Trinajstić information content (AvgIpc) is 2.47. The van der Waals surface area contributed by atoms with Crippen molar-refractivity contribution in [2.75, 3.05) is 33.2 Å². The number of nitrogens with zero attached hydrogens (tertiary/aromatic N) is 1. The van der Waals surface area contributed by atoms with Crippen LogP contribution in [0.1, 0.15) is 20.7 Å². The van der Waals surface area contributed by atoms with Crippen molar-refractivity contribution in [2.45, 2.75) is 0 Å². The highest BCUT2D eigenvalue weighted by atomic mass is 16.6. The van der Waals surface area contributed by atoms with Crippen molar-refractivity contribution in [3.8, 4) is 0 Å². The molecule has 0 unspecified atom stereocenters. The number of nitrogens with two attached hydrogens (primary N) is 1. The minimum Gasteiger partial charge on any atom is -0.545 e. The van der Waals surface area contributed by atoms with Gasteiger partial charge in [0.05, 0.1) is 23.9 Å². The number of carboxylic acids is 2. The molecule has 9 heteroatoms. The number of rotatable bonds is 3. The van der Waals surface area contributed by atoms with Crippen LogP contribution in [0.15, 0.2) is 18.2 Å². The summed E-state index contributed by atoms with van der Waals surface area (Å²) in [5, 5.41) is 33.6. The fourth-order valence-corrected chi connectivity index (χ4v) is 1.96. The monoisotopic (exact) mass is 311 g/mol. The second-order valence-electron chi connectivity index (χ2n) is 4.89. The van der Waals surface area contributed by atoms with Crippen LogP contribution in [0.3, 0.4) is 0 Å². The number of nitro groups is 1. The molecular weight excluding hydrogens is 294 g/mol. The maximum absolute atomic E-state index is 10.5. The van der Waals surface area contributed by atoms with Crippen LogP contribution in [0.5, 0.6) is 0 Å². The van der Waals surface area contributed by atoms with Gasteiger partial charge in [-0.15, -0.1) is 0 Å². The Hall–Kier alpha value is -2.52. The Morgan fingerprint density at radius 1 is 1.14 bits per heavy atom. The number of carbonyl (C=O) groups excluding carboxylic acids is 2. The molecule has 1 fully saturated rings. The summed E-state index contributed by atoms with van der Waals surface area (Å²) in [6.07, 6.45) is 0. The number of carbonyl (C=O) groups is 2. The quantitative estimate of drug-likeness (QED) is 0.424. The number of aromatic carboxylic acids is 2. The SMILES string of the molecule is C[NH+]1CC[NH2+]CC1.O=C([O-])c1ccc([N+](=O)[O-])cc1C(=O)[O-]. The van der Waals surface area contributed by atoms with Crippen LogP contribution in [-0.2, 0) is 0 Å². The van der Waals surface area contributed by atoms with Crippen molar-refractivity contribution < 1.29 is 34.9 Å². The first-order valence-electron chi connectivity index (χ1n) is 6.67. The topological polar surface area (TPSA) is 144 Å². The zero-order valence-electron chi connectivity index (χ0n) is 12.0. The van der Waals surface area contributed by atoms with Crippen molar-refractivity contribution in [1.29, 1.82) is 0 Å². The number of carboxylic acid groups (broad SMARTS) is 2. The first-order valence-corrected chi connectivity index (χ1v) is 6.67. The van der Waals surface area contributed by atoms with Crippen LogP contribution in [-0.4, -0.2) is 50.1 Å². The van der Waals surface area contributed by atoms with Gasteiger partial charge < -0.3 is 30.0 Å². The molecule has 1 aromatic rings. The molecule has 9 nitrogen and oxygen atoms in total. The maximum Gasteiger partial charge on any atom is 0.270 e. The van der Waals surface area contributed by atoms with Gasteiger partial charge in [-0.3, -0.25) is 10.1 Å². The Morgan fingerprint density at radius 2 is 1.68 bits per heavy atom. The second kappa shape index (κ2) is 8.05. The predicted octanol–water partition coefficient (Wildman–Crippen LogP) is -4.60. The molecule has 3 N–H and O–H groups in total. The molecule has 22 heavy (non-hydrogen) atoms. The molecule has 120 valence electrons. The number of nitro benzene ring substituents is 1. The molecule has 0 atom stereocenters. The summed E-state index contributed by atoms with van der Waals surface area (Å²) in [6.45, 7) is 5.34. The predicted molar refractivity (Wildman–Crippen MR) is 70.0 cm³/mol. The molecule has 2 rings (SSSR count). The van der Waals surface area contributed by atoms with E-state index < -0.39 is 33.7 Å². The number of non-ortho nitro benzene ring substituents is 1. The fraction of sp³-hybridized carbons (Fsp3) is 0.385. The highest BCUT2D eigenvalue weighted by Gasteiger charge is 2.11. The third kappa shape index (κ3) is 5.11. The molecule has 1 aliphatic rings. The van der Waals surface area contributed by atoms with Crippen LogP contribution >= 0.6 is 0 Å². The Kier molecular flexibility index (Phi) is 6.42. The van der Waals surface area contributed by atoms with E-state index in [1.165, 1.54) is 26.2 Å². The molecule has 1 aliphatic heterocycles. The Balaban J connectivity index is 0.000000287. The lowest BCUT2D eigenvalue weighted by atomic mass is 10.1. The number of piperazine rings is 1. The molecular formula is C13H17N3O6. The van der Waals surface area contributed by atoms with Crippen LogP contribution < -0.4 is 20.4 Å². The van der Waals surface area contributed by atoms with E-state index in [-0.39, 0.29) is 0 Å². The minimum atomic E-state index is -1.81. The lowest BCUT2D eigenvalue weighted by Crippen LogP contribution is -3.18. The number of likely N-dealkylation sites (N-methyl/N-ethyl adjacent to an activating group) is 1. The van der Waals surface area contributed by atoms with Gasteiger partial charge in [0.2, 0.25) is 0 Å². The minimum absolute atomic E-state index is 0.529. The summed E-state index contributed by atoms with van der Waals surface area (Å²) < 4.78 is 0. The molecule has 1 saturated heterocycles.